The van der Waals surface area contributed by atoms with Crippen molar-refractivity contribution in [1.82, 2.24) is 4.90 Å². The fourth-order valence-electron chi connectivity index (χ4n) is 1.66. The van der Waals surface area contributed by atoms with Crippen LogP contribution in [0, 0.1) is 0 Å². The normalized spacial score (nSPS) is 13.6. The highest BCUT2D eigenvalue weighted by molar-refractivity contribution is 5.27. The van der Waals surface area contributed by atoms with E-state index in [1.807, 2.05) is 19.0 Å². The van der Waals surface area contributed by atoms with Crippen LogP contribution in [0.25, 0.3) is 0 Å². The number of nitrogens with two attached hydrogens (primary N) is 1. The zero-order valence-corrected chi connectivity index (χ0v) is 11.1. The van der Waals surface area contributed by atoms with Crippen LogP contribution in [0.3, 0.4) is 0 Å². The Hall–Kier alpha value is -1.27. The van der Waals surface area contributed by atoms with Crippen molar-refractivity contribution in [2.75, 3.05) is 20.6 Å². The lowest BCUT2D eigenvalue weighted by Gasteiger charge is -2.15. The molecule has 1 aromatic carbocycles. The molecule has 1 atom stereocenters. The number of hydrogen-bond donors (Lipinski definition) is 1. The minimum Gasteiger partial charge on any atom is -0.406 e. The van der Waals surface area contributed by atoms with E-state index in [2.05, 4.69) is 4.74 Å². The van der Waals surface area contributed by atoms with Gasteiger partial charge in [0.25, 0.3) is 0 Å². The highest BCUT2D eigenvalue weighted by Gasteiger charge is 2.30. The van der Waals surface area contributed by atoms with Crippen LogP contribution in [0.4, 0.5) is 13.2 Å². The lowest BCUT2D eigenvalue weighted by molar-refractivity contribution is -0.274. The number of ether oxygens (including phenoxy) is 1. The molecular weight excluding hydrogens is 257 g/mol. The molecule has 6 heteroatoms. The standard InChI is InChI=1S/C13H19F3N2O/c1-18(2)8-7-11(17)9-10-3-5-12(6-4-10)19-13(14,15)16/h3-6,11H,7-9,17H2,1-2H3. The van der Waals surface area contributed by atoms with E-state index in [0.29, 0.717) is 6.42 Å². The summed E-state index contributed by atoms with van der Waals surface area (Å²) in [5.74, 6) is -0.210. The minimum atomic E-state index is -4.65. The highest BCUT2D eigenvalue weighted by Crippen LogP contribution is 2.23. The van der Waals surface area contributed by atoms with Crippen LogP contribution in [0.1, 0.15) is 12.0 Å². The summed E-state index contributed by atoms with van der Waals surface area (Å²) in [5, 5.41) is 0. The summed E-state index contributed by atoms with van der Waals surface area (Å²) in [7, 11) is 3.94. The summed E-state index contributed by atoms with van der Waals surface area (Å²) in [6.07, 6.45) is -3.17. The van der Waals surface area contributed by atoms with Gasteiger partial charge in [0.1, 0.15) is 5.75 Å². The molecule has 0 saturated heterocycles. The molecule has 1 aromatic rings. The van der Waals surface area contributed by atoms with Gasteiger partial charge in [-0.15, -0.1) is 13.2 Å². The third-order valence-electron chi connectivity index (χ3n) is 2.60. The van der Waals surface area contributed by atoms with Crippen molar-refractivity contribution in [3.63, 3.8) is 0 Å². The van der Waals surface area contributed by atoms with E-state index >= 15 is 0 Å². The van der Waals surface area contributed by atoms with Crippen LogP contribution < -0.4 is 10.5 Å². The van der Waals surface area contributed by atoms with Crippen LogP contribution in [-0.4, -0.2) is 37.9 Å². The maximum absolute atomic E-state index is 12.0. The number of alkyl halides is 3. The van der Waals surface area contributed by atoms with Crippen molar-refractivity contribution < 1.29 is 17.9 Å². The molecular formula is C13H19F3N2O. The van der Waals surface area contributed by atoms with E-state index in [9.17, 15) is 13.2 Å². The fourth-order valence-corrected chi connectivity index (χ4v) is 1.66. The number of benzene rings is 1. The van der Waals surface area contributed by atoms with Crippen LogP contribution in [-0.2, 0) is 6.42 Å². The van der Waals surface area contributed by atoms with Crippen LogP contribution in [0.5, 0.6) is 5.75 Å². The summed E-state index contributed by atoms with van der Waals surface area (Å²) < 4.78 is 39.7. The zero-order valence-electron chi connectivity index (χ0n) is 11.1. The van der Waals surface area contributed by atoms with Gasteiger partial charge < -0.3 is 15.4 Å². The maximum atomic E-state index is 12.0. The molecule has 0 aliphatic rings. The molecule has 19 heavy (non-hydrogen) atoms. The Balaban J connectivity index is 2.48. The van der Waals surface area contributed by atoms with E-state index < -0.39 is 6.36 Å². The van der Waals surface area contributed by atoms with Crippen molar-refractivity contribution in [3.8, 4) is 5.75 Å². The molecule has 0 aliphatic heterocycles. The second-order valence-corrected chi connectivity index (χ2v) is 4.75. The number of hydrogen-bond acceptors (Lipinski definition) is 3. The molecule has 108 valence electrons. The van der Waals surface area contributed by atoms with E-state index in [1.165, 1.54) is 12.1 Å². The first-order valence-electron chi connectivity index (χ1n) is 6.01. The van der Waals surface area contributed by atoms with Crippen molar-refractivity contribution in [3.05, 3.63) is 29.8 Å². The van der Waals surface area contributed by atoms with Gasteiger partial charge in [-0.1, -0.05) is 12.1 Å². The predicted octanol–water partition coefficient (Wildman–Crippen LogP) is 2.41. The summed E-state index contributed by atoms with van der Waals surface area (Å²) in [5.41, 5.74) is 6.86. The second-order valence-electron chi connectivity index (χ2n) is 4.75. The number of rotatable bonds is 6. The Labute approximate surface area is 111 Å². The van der Waals surface area contributed by atoms with Gasteiger partial charge in [0.2, 0.25) is 0 Å². The molecule has 0 bridgehead atoms. The van der Waals surface area contributed by atoms with Gasteiger partial charge >= 0.3 is 6.36 Å². The molecule has 1 rings (SSSR count). The van der Waals surface area contributed by atoms with Gasteiger partial charge in [-0.25, -0.2) is 0 Å². The Kier molecular flexibility index (Phi) is 5.62. The van der Waals surface area contributed by atoms with Gasteiger partial charge in [-0.05, 0) is 51.2 Å². The molecule has 2 N–H and O–H groups in total. The Bertz CT molecular complexity index is 376. The maximum Gasteiger partial charge on any atom is 0.573 e. The number of nitrogens with zero attached hydrogens (tertiary/aromatic N) is 1. The molecule has 0 fully saturated rings. The summed E-state index contributed by atoms with van der Waals surface area (Å²) in [4.78, 5) is 2.04. The van der Waals surface area contributed by atoms with Crippen molar-refractivity contribution in [2.45, 2.75) is 25.2 Å². The van der Waals surface area contributed by atoms with Crippen molar-refractivity contribution in [2.24, 2.45) is 5.73 Å². The molecule has 0 heterocycles. The fraction of sp³-hybridized carbons (Fsp3) is 0.538. The first kappa shape index (κ1) is 15.8. The van der Waals surface area contributed by atoms with Crippen molar-refractivity contribution >= 4 is 0 Å². The van der Waals surface area contributed by atoms with Gasteiger partial charge in [0.05, 0.1) is 0 Å². The SMILES string of the molecule is CN(C)CCC(N)Cc1ccc(OC(F)(F)F)cc1. The van der Waals surface area contributed by atoms with Gasteiger partial charge in [0.15, 0.2) is 0 Å². The van der Waals surface area contributed by atoms with Gasteiger partial charge in [-0.2, -0.15) is 0 Å². The van der Waals surface area contributed by atoms with E-state index in [1.54, 1.807) is 12.1 Å². The first-order valence-corrected chi connectivity index (χ1v) is 6.01. The van der Waals surface area contributed by atoms with E-state index in [-0.39, 0.29) is 11.8 Å². The minimum absolute atomic E-state index is 0.00298. The molecule has 0 aromatic heterocycles. The highest BCUT2D eigenvalue weighted by atomic mass is 19.4. The smallest absolute Gasteiger partial charge is 0.406 e. The zero-order chi connectivity index (χ0) is 14.5. The monoisotopic (exact) mass is 276 g/mol. The molecule has 1 unspecified atom stereocenters. The molecule has 0 amide bonds. The summed E-state index contributed by atoms with van der Waals surface area (Å²) >= 11 is 0. The van der Waals surface area contributed by atoms with E-state index in [0.717, 1.165) is 18.5 Å². The van der Waals surface area contributed by atoms with Gasteiger partial charge in [-0.3, -0.25) is 0 Å². The summed E-state index contributed by atoms with van der Waals surface area (Å²) in [6, 6.07) is 5.83. The number of halogens is 3. The third kappa shape index (κ3) is 7.03. The second kappa shape index (κ2) is 6.77. The Morgan fingerprint density at radius 3 is 2.26 bits per heavy atom. The lowest BCUT2D eigenvalue weighted by atomic mass is 10.0. The van der Waals surface area contributed by atoms with Crippen LogP contribution in [0.2, 0.25) is 0 Å². The molecule has 3 nitrogen and oxygen atoms in total. The topological polar surface area (TPSA) is 38.5 Å². The summed E-state index contributed by atoms with van der Waals surface area (Å²) in [6.45, 7) is 0.885. The molecule has 0 saturated carbocycles. The molecule has 0 spiro atoms. The predicted molar refractivity (Wildman–Crippen MR) is 68.0 cm³/mol. The van der Waals surface area contributed by atoms with E-state index in [4.69, 9.17) is 5.73 Å². The quantitative estimate of drug-likeness (QED) is 0.867. The Morgan fingerprint density at radius 1 is 1.21 bits per heavy atom. The Morgan fingerprint density at radius 2 is 1.79 bits per heavy atom. The lowest BCUT2D eigenvalue weighted by Crippen LogP contribution is -2.28. The molecule has 0 aliphatic carbocycles. The third-order valence-corrected chi connectivity index (χ3v) is 2.60. The largest absolute Gasteiger partial charge is 0.573 e. The average Bonchev–Trinajstić information content (AvgIpc) is 2.27. The van der Waals surface area contributed by atoms with Crippen LogP contribution in [0.15, 0.2) is 24.3 Å². The van der Waals surface area contributed by atoms with Gasteiger partial charge in [0, 0.05) is 6.04 Å². The first-order chi connectivity index (χ1) is 8.76. The average molecular weight is 276 g/mol. The van der Waals surface area contributed by atoms with Crippen molar-refractivity contribution in [1.29, 1.82) is 0 Å². The molecule has 0 radical (unpaired) electrons. The van der Waals surface area contributed by atoms with Crippen LogP contribution >= 0.6 is 0 Å².